The van der Waals surface area contributed by atoms with Crippen molar-refractivity contribution >= 4 is 11.8 Å². The maximum atomic E-state index is 12.4. The van der Waals surface area contributed by atoms with Gasteiger partial charge in [0.15, 0.2) is 6.61 Å². The molecule has 5 nitrogen and oxygen atoms in total. The highest BCUT2D eigenvalue weighted by Crippen LogP contribution is 2.28. The Labute approximate surface area is 150 Å². The standard InChI is InChI=1S/C20H30N2O3/c1-5-15(2)17-8-6-7-9-18(17)25-14-19(23)22-12-10-16(11-13-22)20(24)21(3)4/h6-9,15-16H,5,10-14H2,1-4H3. The molecule has 1 aliphatic heterocycles. The molecule has 1 heterocycles. The Balaban J connectivity index is 1.87. The van der Waals surface area contributed by atoms with Crippen molar-refractivity contribution in [2.45, 2.75) is 39.0 Å². The van der Waals surface area contributed by atoms with Crippen LogP contribution in [-0.2, 0) is 9.59 Å². The molecule has 1 aromatic rings. The van der Waals surface area contributed by atoms with Crippen LogP contribution in [0, 0.1) is 5.92 Å². The average Bonchev–Trinajstić information content (AvgIpc) is 2.65. The molecule has 0 bridgehead atoms. The summed E-state index contributed by atoms with van der Waals surface area (Å²) in [6.07, 6.45) is 2.49. The molecule has 0 spiro atoms. The number of piperidine rings is 1. The van der Waals surface area contributed by atoms with Crippen molar-refractivity contribution in [3.8, 4) is 5.75 Å². The van der Waals surface area contributed by atoms with Gasteiger partial charge in [0.25, 0.3) is 5.91 Å². The lowest BCUT2D eigenvalue weighted by atomic mass is 9.95. The molecule has 0 aliphatic carbocycles. The highest BCUT2D eigenvalue weighted by molar-refractivity contribution is 5.80. The zero-order valence-electron chi connectivity index (χ0n) is 15.8. The van der Waals surface area contributed by atoms with Crippen LogP contribution in [0.15, 0.2) is 24.3 Å². The molecule has 5 heteroatoms. The lowest BCUT2D eigenvalue weighted by Crippen LogP contribution is -2.44. The van der Waals surface area contributed by atoms with Crippen LogP contribution in [0.25, 0.3) is 0 Å². The van der Waals surface area contributed by atoms with E-state index in [2.05, 4.69) is 19.9 Å². The van der Waals surface area contributed by atoms with E-state index in [0.29, 0.717) is 19.0 Å². The van der Waals surface area contributed by atoms with E-state index >= 15 is 0 Å². The summed E-state index contributed by atoms with van der Waals surface area (Å²) in [5.41, 5.74) is 1.15. The smallest absolute Gasteiger partial charge is 0.260 e. The van der Waals surface area contributed by atoms with Gasteiger partial charge in [0.2, 0.25) is 5.91 Å². The van der Waals surface area contributed by atoms with E-state index in [-0.39, 0.29) is 24.3 Å². The Kier molecular flexibility index (Phi) is 6.85. The quantitative estimate of drug-likeness (QED) is 0.796. The second-order valence-electron chi connectivity index (χ2n) is 7.02. The van der Waals surface area contributed by atoms with Crippen LogP contribution in [0.4, 0.5) is 0 Å². The second kappa shape index (κ2) is 8.88. The summed E-state index contributed by atoms with van der Waals surface area (Å²) >= 11 is 0. The fourth-order valence-corrected chi connectivity index (χ4v) is 3.21. The van der Waals surface area contributed by atoms with Crippen LogP contribution >= 0.6 is 0 Å². The predicted molar refractivity (Wildman–Crippen MR) is 98.6 cm³/mol. The molecule has 1 fully saturated rings. The first-order valence-electron chi connectivity index (χ1n) is 9.14. The zero-order valence-corrected chi connectivity index (χ0v) is 15.8. The van der Waals surface area contributed by atoms with E-state index in [1.165, 1.54) is 0 Å². The lowest BCUT2D eigenvalue weighted by molar-refractivity contribution is -0.140. The molecular formula is C20H30N2O3. The molecule has 1 unspecified atom stereocenters. The molecule has 0 saturated carbocycles. The summed E-state index contributed by atoms with van der Waals surface area (Å²) in [6.45, 7) is 5.61. The number of carbonyl (C=O) groups excluding carboxylic acids is 2. The minimum absolute atomic E-state index is 0.00490. The highest BCUT2D eigenvalue weighted by Gasteiger charge is 2.28. The Hall–Kier alpha value is -2.04. The number of hydrogen-bond donors (Lipinski definition) is 0. The summed E-state index contributed by atoms with van der Waals surface area (Å²) in [4.78, 5) is 27.9. The molecule has 0 radical (unpaired) electrons. The Bertz CT molecular complexity index is 592. The molecule has 1 aliphatic rings. The minimum Gasteiger partial charge on any atom is -0.483 e. The first kappa shape index (κ1) is 19.3. The zero-order chi connectivity index (χ0) is 18.4. The van der Waals surface area contributed by atoms with E-state index in [4.69, 9.17) is 4.74 Å². The third kappa shape index (κ3) is 4.97. The molecular weight excluding hydrogens is 316 g/mol. The third-order valence-electron chi connectivity index (χ3n) is 5.05. The highest BCUT2D eigenvalue weighted by atomic mass is 16.5. The topological polar surface area (TPSA) is 49.9 Å². The molecule has 1 saturated heterocycles. The largest absolute Gasteiger partial charge is 0.483 e. The molecule has 2 rings (SSSR count). The third-order valence-corrected chi connectivity index (χ3v) is 5.05. The van der Waals surface area contributed by atoms with Crippen LogP contribution in [0.2, 0.25) is 0 Å². The van der Waals surface area contributed by atoms with Crippen molar-refractivity contribution < 1.29 is 14.3 Å². The Morgan fingerprint density at radius 2 is 1.88 bits per heavy atom. The van der Waals surface area contributed by atoms with Gasteiger partial charge in [-0.05, 0) is 36.8 Å². The monoisotopic (exact) mass is 346 g/mol. The molecule has 0 N–H and O–H groups in total. The summed E-state index contributed by atoms with van der Waals surface area (Å²) in [5.74, 6) is 1.38. The second-order valence-corrected chi connectivity index (χ2v) is 7.02. The van der Waals surface area contributed by atoms with Crippen molar-refractivity contribution in [2.24, 2.45) is 5.92 Å². The maximum absolute atomic E-state index is 12.4. The number of rotatable bonds is 6. The van der Waals surface area contributed by atoms with Gasteiger partial charge in [-0.1, -0.05) is 32.0 Å². The molecule has 25 heavy (non-hydrogen) atoms. The van der Waals surface area contributed by atoms with Crippen LogP contribution in [-0.4, -0.2) is 55.4 Å². The van der Waals surface area contributed by atoms with Gasteiger partial charge in [-0.25, -0.2) is 0 Å². The van der Waals surface area contributed by atoms with Crippen LogP contribution in [0.3, 0.4) is 0 Å². The minimum atomic E-state index is -0.00490. The number of hydrogen-bond acceptors (Lipinski definition) is 3. The van der Waals surface area contributed by atoms with Crippen LogP contribution in [0.1, 0.15) is 44.6 Å². The van der Waals surface area contributed by atoms with Gasteiger partial charge in [-0.15, -0.1) is 0 Å². The molecule has 2 amide bonds. The molecule has 0 aromatic heterocycles. The van der Waals surface area contributed by atoms with E-state index < -0.39 is 0 Å². The van der Waals surface area contributed by atoms with Gasteiger partial charge in [0, 0.05) is 33.1 Å². The number of benzene rings is 1. The first-order valence-corrected chi connectivity index (χ1v) is 9.14. The number of amides is 2. The van der Waals surface area contributed by atoms with Gasteiger partial charge in [0.1, 0.15) is 5.75 Å². The van der Waals surface area contributed by atoms with Crippen molar-refractivity contribution in [2.75, 3.05) is 33.8 Å². The average molecular weight is 346 g/mol. The lowest BCUT2D eigenvalue weighted by Gasteiger charge is -2.32. The number of likely N-dealkylation sites (tertiary alicyclic amines) is 1. The maximum Gasteiger partial charge on any atom is 0.260 e. The molecule has 1 aromatic carbocycles. The predicted octanol–water partition coefficient (Wildman–Crippen LogP) is 2.91. The fourth-order valence-electron chi connectivity index (χ4n) is 3.21. The van der Waals surface area contributed by atoms with E-state index in [9.17, 15) is 9.59 Å². The first-order chi connectivity index (χ1) is 11.9. The van der Waals surface area contributed by atoms with Gasteiger partial charge in [-0.2, -0.15) is 0 Å². The van der Waals surface area contributed by atoms with Crippen molar-refractivity contribution in [3.63, 3.8) is 0 Å². The number of nitrogens with zero attached hydrogens (tertiary/aromatic N) is 2. The van der Waals surface area contributed by atoms with E-state index in [0.717, 1.165) is 30.6 Å². The van der Waals surface area contributed by atoms with Crippen LogP contribution in [0.5, 0.6) is 5.75 Å². The van der Waals surface area contributed by atoms with Gasteiger partial charge >= 0.3 is 0 Å². The van der Waals surface area contributed by atoms with Crippen molar-refractivity contribution in [3.05, 3.63) is 29.8 Å². The number of para-hydroxylation sites is 1. The van der Waals surface area contributed by atoms with Crippen molar-refractivity contribution in [1.29, 1.82) is 0 Å². The summed E-state index contributed by atoms with van der Waals surface area (Å²) in [6, 6.07) is 7.93. The van der Waals surface area contributed by atoms with E-state index in [1.54, 1.807) is 19.0 Å². The molecule has 138 valence electrons. The number of carbonyl (C=O) groups is 2. The fraction of sp³-hybridized carbons (Fsp3) is 0.600. The van der Waals surface area contributed by atoms with Gasteiger partial charge in [0.05, 0.1) is 0 Å². The normalized spacial score (nSPS) is 16.4. The van der Waals surface area contributed by atoms with E-state index in [1.807, 2.05) is 23.1 Å². The Morgan fingerprint density at radius 3 is 2.48 bits per heavy atom. The van der Waals surface area contributed by atoms with Crippen molar-refractivity contribution in [1.82, 2.24) is 9.80 Å². The number of ether oxygens (including phenoxy) is 1. The SMILES string of the molecule is CCC(C)c1ccccc1OCC(=O)N1CCC(C(=O)N(C)C)CC1. The summed E-state index contributed by atoms with van der Waals surface area (Å²) < 4.78 is 5.82. The summed E-state index contributed by atoms with van der Waals surface area (Å²) in [7, 11) is 3.56. The molecule has 1 atom stereocenters. The van der Waals surface area contributed by atoms with Gasteiger partial charge < -0.3 is 14.5 Å². The summed E-state index contributed by atoms with van der Waals surface area (Å²) in [5, 5.41) is 0. The van der Waals surface area contributed by atoms with Gasteiger partial charge in [-0.3, -0.25) is 9.59 Å². The van der Waals surface area contributed by atoms with Crippen LogP contribution < -0.4 is 4.74 Å². The Morgan fingerprint density at radius 1 is 1.24 bits per heavy atom.